The fourth-order valence-electron chi connectivity index (χ4n) is 4.75. The largest absolute Gasteiger partial charge is 0.486 e. The molecule has 5 rings (SSSR count). The summed E-state index contributed by atoms with van der Waals surface area (Å²) < 4.78 is 11.2. The Morgan fingerprint density at radius 2 is 1.97 bits per heavy atom. The third kappa shape index (κ3) is 4.43. The van der Waals surface area contributed by atoms with Crippen molar-refractivity contribution in [1.29, 1.82) is 0 Å². The summed E-state index contributed by atoms with van der Waals surface area (Å²) >= 11 is 0. The molecule has 1 aromatic heterocycles. The summed E-state index contributed by atoms with van der Waals surface area (Å²) in [4.78, 5) is 23.5. The normalized spacial score (nSPS) is 20.5. The average Bonchev–Trinajstić information content (AvgIpc) is 3.22. The van der Waals surface area contributed by atoms with Gasteiger partial charge in [-0.1, -0.05) is 12.5 Å². The van der Waals surface area contributed by atoms with Crippen molar-refractivity contribution < 1.29 is 14.3 Å². The Morgan fingerprint density at radius 1 is 1.12 bits per heavy atom. The van der Waals surface area contributed by atoms with E-state index >= 15 is 0 Å². The Bertz CT molecular complexity index is 1120. The molecule has 3 aromatic rings. The van der Waals surface area contributed by atoms with Crippen LogP contribution in [0.25, 0.3) is 11.0 Å². The smallest absolute Gasteiger partial charge is 0.251 e. The second kappa shape index (κ2) is 8.82. The van der Waals surface area contributed by atoms with Gasteiger partial charge in [-0.05, 0) is 69.3 Å². The molecule has 7 nitrogen and oxygen atoms in total. The molecule has 0 radical (unpaired) electrons. The van der Waals surface area contributed by atoms with Gasteiger partial charge in [0, 0.05) is 24.1 Å². The van der Waals surface area contributed by atoms with E-state index in [1.807, 2.05) is 6.07 Å². The summed E-state index contributed by atoms with van der Waals surface area (Å²) in [5.41, 5.74) is 3.95. The topological polar surface area (TPSA) is 79.5 Å². The van der Waals surface area contributed by atoms with Crippen molar-refractivity contribution in [3.8, 4) is 11.5 Å². The molecule has 2 atom stereocenters. The van der Waals surface area contributed by atoms with Gasteiger partial charge in [-0.15, -0.1) is 0 Å². The van der Waals surface area contributed by atoms with Gasteiger partial charge in [0.2, 0.25) is 0 Å². The first-order valence-corrected chi connectivity index (χ1v) is 11.4. The van der Waals surface area contributed by atoms with E-state index in [9.17, 15) is 4.79 Å². The van der Waals surface area contributed by atoms with Crippen LogP contribution in [-0.2, 0) is 6.54 Å². The van der Waals surface area contributed by atoms with Crippen LogP contribution in [0, 0.1) is 0 Å². The van der Waals surface area contributed by atoms with E-state index in [-0.39, 0.29) is 11.9 Å². The minimum atomic E-state index is -0.0643. The Hall–Kier alpha value is -3.06. The second-order valence-corrected chi connectivity index (χ2v) is 9.10. The van der Waals surface area contributed by atoms with E-state index in [0.29, 0.717) is 36.2 Å². The van der Waals surface area contributed by atoms with Gasteiger partial charge in [-0.3, -0.25) is 4.79 Å². The molecule has 0 spiro atoms. The molecule has 1 fully saturated rings. The average molecular weight is 435 g/mol. The van der Waals surface area contributed by atoms with E-state index in [2.05, 4.69) is 47.5 Å². The Balaban J connectivity index is 1.26. The van der Waals surface area contributed by atoms with Gasteiger partial charge >= 0.3 is 0 Å². The number of benzene rings is 2. The molecule has 1 aliphatic heterocycles. The predicted molar refractivity (Wildman–Crippen MR) is 123 cm³/mol. The summed E-state index contributed by atoms with van der Waals surface area (Å²) in [6.45, 7) is 1.95. The minimum Gasteiger partial charge on any atom is -0.486 e. The number of aromatic amines is 1. The molecule has 2 aliphatic rings. The minimum absolute atomic E-state index is 0.0643. The van der Waals surface area contributed by atoms with Crippen molar-refractivity contribution in [3.05, 3.63) is 53.3 Å². The summed E-state index contributed by atoms with van der Waals surface area (Å²) in [6, 6.07) is 12.0. The molecular formula is C25H30N4O3. The summed E-state index contributed by atoms with van der Waals surface area (Å²) in [7, 11) is 4.14. The first-order valence-electron chi connectivity index (χ1n) is 11.4. The zero-order valence-electron chi connectivity index (χ0n) is 18.7. The van der Waals surface area contributed by atoms with Crippen LogP contribution in [0.5, 0.6) is 11.5 Å². The van der Waals surface area contributed by atoms with E-state index in [1.54, 1.807) is 12.1 Å². The molecule has 1 amide bonds. The van der Waals surface area contributed by atoms with Gasteiger partial charge in [0.1, 0.15) is 19.0 Å². The fraction of sp³-hybridized carbons (Fsp3) is 0.440. The highest BCUT2D eigenvalue weighted by Crippen LogP contribution is 2.34. The molecule has 2 N–H and O–H groups in total. The van der Waals surface area contributed by atoms with Gasteiger partial charge in [0.05, 0.1) is 11.0 Å². The number of fused-ring (bicyclic) bond motifs is 2. The van der Waals surface area contributed by atoms with Gasteiger partial charge < -0.3 is 24.7 Å². The molecule has 2 aromatic carbocycles. The van der Waals surface area contributed by atoms with E-state index in [4.69, 9.17) is 14.5 Å². The number of carbonyl (C=O) groups excluding carboxylic acids is 1. The fourth-order valence-corrected chi connectivity index (χ4v) is 4.75. The predicted octanol–water partition coefficient (Wildman–Crippen LogP) is 3.85. The lowest BCUT2D eigenvalue weighted by molar-refractivity contribution is 0.0923. The van der Waals surface area contributed by atoms with Crippen LogP contribution in [0.1, 0.15) is 53.3 Å². The van der Waals surface area contributed by atoms with Gasteiger partial charge in [-0.2, -0.15) is 0 Å². The van der Waals surface area contributed by atoms with Crippen molar-refractivity contribution in [3.63, 3.8) is 0 Å². The molecule has 32 heavy (non-hydrogen) atoms. The molecule has 0 saturated heterocycles. The first kappa shape index (κ1) is 20.8. The highest BCUT2D eigenvalue weighted by molar-refractivity contribution is 5.95. The number of hydrogen-bond acceptors (Lipinski definition) is 5. The van der Waals surface area contributed by atoms with E-state index < -0.39 is 0 Å². The highest BCUT2D eigenvalue weighted by atomic mass is 16.6. The van der Waals surface area contributed by atoms with E-state index in [1.165, 1.54) is 5.56 Å². The number of H-pyrrole nitrogens is 1. The number of imidazole rings is 1. The zero-order valence-corrected chi connectivity index (χ0v) is 18.7. The van der Waals surface area contributed by atoms with Crippen LogP contribution in [0.3, 0.4) is 0 Å². The molecule has 2 heterocycles. The molecule has 168 valence electrons. The van der Waals surface area contributed by atoms with Crippen molar-refractivity contribution >= 4 is 16.9 Å². The van der Waals surface area contributed by atoms with Crippen LogP contribution >= 0.6 is 0 Å². The van der Waals surface area contributed by atoms with Crippen LogP contribution in [0.15, 0.2) is 36.4 Å². The number of amides is 1. The van der Waals surface area contributed by atoms with Crippen molar-refractivity contribution in [1.82, 2.24) is 20.2 Å². The Kier molecular flexibility index (Phi) is 5.74. The molecule has 7 heteroatoms. The quantitative estimate of drug-likeness (QED) is 0.638. The van der Waals surface area contributed by atoms with Crippen LogP contribution in [-0.4, -0.2) is 54.1 Å². The third-order valence-corrected chi connectivity index (χ3v) is 6.27. The van der Waals surface area contributed by atoms with Gasteiger partial charge in [0.15, 0.2) is 11.5 Å². The number of hydrogen-bond donors (Lipinski definition) is 2. The SMILES string of the molecule is CN(C)Cc1ccc2[nH]c([C@H]3CCC[C@@H](NC(=O)c4ccc5c(c4)OCCO5)C3)nc2c1. The van der Waals surface area contributed by atoms with Crippen LogP contribution in [0.2, 0.25) is 0 Å². The van der Waals surface area contributed by atoms with Crippen molar-refractivity contribution in [2.75, 3.05) is 27.3 Å². The maximum absolute atomic E-state index is 12.9. The lowest BCUT2D eigenvalue weighted by Gasteiger charge is -2.29. The summed E-state index contributed by atoms with van der Waals surface area (Å²) in [5, 5.41) is 3.22. The number of carbonyl (C=O) groups is 1. The Morgan fingerprint density at radius 3 is 2.81 bits per heavy atom. The molecule has 1 aliphatic carbocycles. The molecule has 0 bridgehead atoms. The maximum Gasteiger partial charge on any atom is 0.251 e. The number of nitrogens with one attached hydrogen (secondary N) is 2. The van der Waals surface area contributed by atoms with Gasteiger partial charge in [0.25, 0.3) is 5.91 Å². The van der Waals surface area contributed by atoms with Crippen molar-refractivity contribution in [2.24, 2.45) is 0 Å². The maximum atomic E-state index is 12.9. The summed E-state index contributed by atoms with van der Waals surface area (Å²) in [6.07, 6.45) is 4.03. The zero-order chi connectivity index (χ0) is 22.1. The molecule has 1 saturated carbocycles. The van der Waals surface area contributed by atoms with Crippen LogP contribution < -0.4 is 14.8 Å². The Labute approximate surface area is 188 Å². The first-order chi connectivity index (χ1) is 15.5. The number of ether oxygens (including phenoxy) is 2. The molecule has 0 unspecified atom stereocenters. The third-order valence-electron chi connectivity index (χ3n) is 6.27. The monoisotopic (exact) mass is 434 g/mol. The molecular weight excluding hydrogens is 404 g/mol. The lowest BCUT2D eigenvalue weighted by Crippen LogP contribution is -2.38. The van der Waals surface area contributed by atoms with Crippen molar-refractivity contribution in [2.45, 2.75) is 44.2 Å². The summed E-state index contributed by atoms with van der Waals surface area (Å²) in [5.74, 6) is 2.62. The standard InChI is InChI=1S/C25H30N4O3/c1-29(2)15-16-6-8-20-21(12-16)28-24(27-20)17-4-3-5-19(13-17)26-25(30)18-7-9-22-23(14-18)32-11-10-31-22/h6-9,12,14,17,19H,3-5,10-11,13,15H2,1-2H3,(H,26,30)(H,27,28)/t17-,19+/m0/s1. The van der Waals surface area contributed by atoms with Crippen LogP contribution in [0.4, 0.5) is 0 Å². The highest BCUT2D eigenvalue weighted by Gasteiger charge is 2.27. The number of nitrogens with zero attached hydrogens (tertiary/aromatic N) is 2. The number of rotatable bonds is 5. The number of aromatic nitrogens is 2. The second-order valence-electron chi connectivity index (χ2n) is 9.10. The van der Waals surface area contributed by atoms with E-state index in [0.717, 1.165) is 49.1 Å². The lowest BCUT2D eigenvalue weighted by atomic mass is 9.85. The van der Waals surface area contributed by atoms with Gasteiger partial charge in [-0.25, -0.2) is 4.98 Å².